The fourth-order valence-corrected chi connectivity index (χ4v) is 2.53. The molecule has 1 atom stereocenters. The second-order valence-electron chi connectivity index (χ2n) is 4.87. The lowest BCUT2D eigenvalue weighted by atomic mass is 10.1. The number of carbonyl (C=O) groups excluding carboxylic acids is 1. The Balaban J connectivity index is 1.85. The van der Waals surface area contributed by atoms with E-state index in [1.54, 1.807) is 0 Å². The van der Waals surface area contributed by atoms with Crippen molar-refractivity contribution in [2.45, 2.75) is 24.2 Å². The summed E-state index contributed by atoms with van der Waals surface area (Å²) in [7, 11) is 0. The average molecular weight is 340 g/mol. The Bertz CT molecular complexity index is 645. The van der Waals surface area contributed by atoms with Crippen LogP contribution in [0.3, 0.4) is 0 Å². The van der Waals surface area contributed by atoms with Crippen LogP contribution >= 0.6 is 11.8 Å². The van der Waals surface area contributed by atoms with Crippen molar-refractivity contribution < 1.29 is 18.0 Å². The molecule has 1 aromatic carbocycles. The number of nitrogens with one attached hydrogen (secondary N) is 1. The van der Waals surface area contributed by atoms with E-state index in [4.69, 9.17) is 0 Å². The fraction of sp³-hybridized carbons (Fsp3) is 0.250. The van der Waals surface area contributed by atoms with Gasteiger partial charge >= 0.3 is 6.18 Å². The van der Waals surface area contributed by atoms with Crippen molar-refractivity contribution in [2.75, 3.05) is 5.75 Å². The van der Waals surface area contributed by atoms with Gasteiger partial charge in [-0.05, 0) is 24.6 Å². The van der Waals surface area contributed by atoms with Crippen LogP contribution in [-0.2, 0) is 11.0 Å². The summed E-state index contributed by atoms with van der Waals surface area (Å²) in [5.74, 6) is -0.108. The van der Waals surface area contributed by atoms with Crippen LogP contribution in [0.15, 0.2) is 53.7 Å². The van der Waals surface area contributed by atoms with Crippen molar-refractivity contribution in [1.82, 2.24) is 10.3 Å². The van der Waals surface area contributed by atoms with E-state index < -0.39 is 11.7 Å². The highest BCUT2D eigenvalue weighted by atomic mass is 32.2. The molecule has 0 aliphatic carbocycles. The summed E-state index contributed by atoms with van der Waals surface area (Å²) in [6, 6.07) is 11.6. The first-order valence-electron chi connectivity index (χ1n) is 6.86. The van der Waals surface area contributed by atoms with Crippen LogP contribution < -0.4 is 5.32 Å². The molecule has 1 amide bonds. The van der Waals surface area contributed by atoms with E-state index in [1.165, 1.54) is 6.07 Å². The maximum Gasteiger partial charge on any atom is 0.417 e. The van der Waals surface area contributed by atoms with Gasteiger partial charge in [-0.2, -0.15) is 13.2 Å². The maximum absolute atomic E-state index is 12.4. The molecule has 0 saturated heterocycles. The highest BCUT2D eigenvalue weighted by molar-refractivity contribution is 7.99. The van der Waals surface area contributed by atoms with Gasteiger partial charge in [0.1, 0.15) is 0 Å². The Morgan fingerprint density at radius 1 is 1.22 bits per heavy atom. The molecule has 0 aliphatic rings. The van der Waals surface area contributed by atoms with E-state index in [0.717, 1.165) is 29.6 Å². The van der Waals surface area contributed by atoms with Crippen molar-refractivity contribution in [3.63, 3.8) is 0 Å². The molecule has 0 spiro atoms. The number of alkyl halides is 3. The Hall–Kier alpha value is -2.02. The van der Waals surface area contributed by atoms with E-state index in [0.29, 0.717) is 5.03 Å². The number of benzene rings is 1. The van der Waals surface area contributed by atoms with Crippen LogP contribution in [0.4, 0.5) is 13.2 Å². The molecule has 0 bridgehead atoms. The molecule has 23 heavy (non-hydrogen) atoms. The first kappa shape index (κ1) is 17.3. The lowest BCUT2D eigenvalue weighted by Crippen LogP contribution is -2.28. The van der Waals surface area contributed by atoms with E-state index in [9.17, 15) is 18.0 Å². The number of hydrogen-bond donors (Lipinski definition) is 1. The number of aromatic nitrogens is 1. The minimum absolute atomic E-state index is 0.0928. The maximum atomic E-state index is 12.4. The van der Waals surface area contributed by atoms with Crippen LogP contribution in [0.25, 0.3) is 0 Å². The van der Waals surface area contributed by atoms with Crippen LogP contribution in [-0.4, -0.2) is 16.6 Å². The standard InChI is InChI=1S/C16H15F3N2OS/c1-11(12-5-3-2-4-6-12)21-14(22)10-23-15-8-7-13(9-20-15)16(17,18)19/h2-9,11H,10H2,1H3,(H,21,22). The molecule has 1 unspecified atom stereocenters. The van der Waals surface area contributed by atoms with Crippen molar-refractivity contribution in [2.24, 2.45) is 0 Å². The number of amides is 1. The van der Waals surface area contributed by atoms with Gasteiger partial charge in [-0.1, -0.05) is 42.1 Å². The van der Waals surface area contributed by atoms with Crippen LogP contribution in [0.1, 0.15) is 24.1 Å². The van der Waals surface area contributed by atoms with E-state index in [1.807, 2.05) is 37.3 Å². The second kappa shape index (κ2) is 7.50. The minimum Gasteiger partial charge on any atom is -0.349 e. The molecule has 7 heteroatoms. The Kier molecular flexibility index (Phi) is 5.65. The Morgan fingerprint density at radius 2 is 1.91 bits per heavy atom. The number of pyridine rings is 1. The summed E-state index contributed by atoms with van der Waals surface area (Å²) in [5.41, 5.74) is 0.183. The lowest BCUT2D eigenvalue weighted by Gasteiger charge is -2.14. The van der Waals surface area contributed by atoms with Crippen molar-refractivity contribution >= 4 is 17.7 Å². The van der Waals surface area contributed by atoms with Crippen LogP contribution in [0.2, 0.25) is 0 Å². The fourth-order valence-electron chi connectivity index (χ4n) is 1.88. The molecular weight excluding hydrogens is 325 g/mol. The third kappa shape index (κ3) is 5.28. The molecule has 2 rings (SSSR count). The highest BCUT2D eigenvalue weighted by Crippen LogP contribution is 2.29. The average Bonchev–Trinajstić information content (AvgIpc) is 2.53. The molecule has 0 radical (unpaired) electrons. The predicted molar refractivity (Wildman–Crippen MR) is 83.0 cm³/mol. The zero-order chi connectivity index (χ0) is 16.9. The summed E-state index contributed by atoms with van der Waals surface area (Å²) in [6.07, 6.45) is -3.63. The van der Waals surface area contributed by atoms with E-state index in [-0.39, 0.29) is 17.7 Å². The topological polar surface area (TPSA) is 42.0 Å². The lowest BCUT2D eigenvalue weighted by molar-refractivity contribution is -0.137. The third-order valence-electron chi connectivity index (χ3n) is 3.09. The molecule has 0 saturated carbocycles. The van der Waals surface area contributed by atoms with Gasteiger partial charge in [-0.15, -0.1) is 0 Å². The molecular formula is C16H15F3N2OS. The summed E-state index contributed by atoms with van der Waals surface area (Å²) >= 11 is 1.09. The number of hydrogen-bond acceptors (Lipinski definition) is 3. The van der Waals surface area contributed by atoms with Gasteiger partial charge < -0.3 is 5.32 Å². The smallest absolute Gasteiger partial charge is 0.349 e. The number of halogens is 3. The van der Waals surface area contributed by atoms with Gasteiger partial charge in [0.25, 0.3) is 0 Å². The Labute approximate surface area is 136 Å². The summed E-state index contributed by atoms with van der Waals surface area (Å²) in [5, 5.41) is 3.21. The predicted octanol–water partition coefficient (Wildman–Crippen LogP) is 4.07. The molecule has 1 heterocycles. The normalized spacial score (nSPS) is 12.7. The summed E-state index contributed by atoms with van der Waals surface area (Å²) in [6.45, 7) is 1.87. The van der Waals surface area contributed by atoms with Crippen molar-refractivity contribution in [3.05, 3.63) is 59.8 Å². The second-order valence-corrected chi connectivity index (χ2v) is 5.87. The van der Waals surface area contributed by atoms with Gasteiger partial charge in [0, 0.05) is 6.20 Å². The number of carbonyl (C=O) groups is 1. The number of nitrogens with zero attached hydrogens (tertiary/aromatic N) is 1. The zero-order valence-electron chi connectivity index (χ0n) is 12.3. The molecule has 1 N–H and O–H groups in total. The Morgan fingerprint density at radius 3 is 2.48 bits per heavy atom. The highest BCUT2D eigenvalue weighted by Gasteiger charge is 2.30. The van der Waals surface area contributed by atoms with Crippen molar-refractivity contribution in [3.8, 4) is 0 Å². The molecule has 1 aromatic heterocycles. The molecule has 0 aliphatic heterocycles. The van der Waals surface area contributed by atoms with Gasteiger partial charge in [0.2, 0.25) is 5.91 Å². The molecule has 2 aromatic rings. The largest absolute Gasteiger partial charge is 0.417 e. The molecule has 3 nitrogen and oxygen atoms in total. The van der Waals surface area contributed by atoms with Crippen molar-refractivity contribution in [1.29, 1.82) is 0 Å². The van der Waals surface area contributed by atoms with Crippen LogP contribution in [0.5, 0.6) is 0 Å². The first-order chi connectivity index (χ1) is 10.9. The first-order valence-corrected chi connectivity index (χ1v) is 7.85. The monoisotopic (exact) mass is 340 g/mol. The number of rotatable bonds is 5. The summed E-state index contributed by atoms with van der Waals surface area (Å²) in [4.78, 5) is 15.6. The quantitative estimate of drug-likeness (QED) is 0.834. The van der Waals surface area contributed by atoms with Gasteiger partial charge in [-0.3, -0.25) is 4.79 Å². The zero-order valence-corrected chi connectivity index (χ0v) is 13.1. The number of thioether (sulfide) groups is 1. The van der Waals surface area contributed by atoms with Gasteiger partial charge in [0.15, 0.2) is 0 Å². The van der Waals surface area contributed by atoms with E-state index >= 15 is 0 Å². The van der Waals surface area contributed by atoms with Gasteiger partial charge in [0.05, 0.1) is 22.4 Å². The van der Waals surface area contributed by atoms with Crippen LogP contribution in [0, 0.1) is 0 Å². The van der Waals surface area contributed by atoms with Gasteiger partial charge in [-0.25, -0.2) is 4.98 Å². The molecule has 122 valence electrons. The minimum atomic E-state index is -4.40. The molecule has 0 fully saturated rings. The summed E-state index contributed by atoms with van der Waals surface area (Å²) < 4.78 is 37.3. The SMILES string of the molecule is CC(NC(=O)CSc1ccc(C(F)(F)F)cn1)c1ccccc1. The van der Waals surface area contributed by atoms with E-state index in [2.05, 4.69) is 10.3 Å². The third-order valence-corrected chi connectivity index (χ3v) is 4.04.